The van der Waals surface area contributed by atoms with Gasteiger partial charge in [-0.25, -0.2) is 0 Å². The number of carbonyl (C=O) groups is 1. The van der Waals surface area contributed by atoms with Crippen LogP contribution in [0.4, 0.5) is 0 Å². The van der Waals surface area contributed by atoms with E-state index in [1.54, 1.807) is 0 Å². The second-order valence-corrected chi connectivity index (χ2v) is 6.94. The smallest absolute Gasteiger partial charge is 0.251 e. The highest BCUT2D eigenvalue weighted by Crippen LogP contribution is 2.14. The summed E-state index contributed by atoms with van der Waals surface area (Å²) in [5, 5.41) is 3.08. The van der Waals surface area contributed by atoms with E-state index in [2.05, 4.69) is 36.3 Å². The highest BCUT2D eigenvalue weighted by Gasteiger charge is 2.10. The number of amides is 1. The predicted molar refractivity (Wildman–Crippen MR) is 110 cm³/mol. The van der Waals surface area contributed by atoms with Crippen LogP contribution in [0.3, 0.4) is 0 Å². The summed E-state index contributed by atoms with van der Waals surface area (Å²) in [4.78, 5) is 14.9. The number of hydrogen-bond donors (Lipinski definition) is 1. The van der Waals surface area contributed by atoms with Crippen LogP contribution < -0.4 is 5.32 Å². The van der Waals surface area contributed by atoms with Crippen LogP contribution in [-0.2, 0) is 6.42 Å². The van der Waals surface area contributed by atoms with E-state index in [0.29, 0.717) is 0 Å². The second kappa shape index (κ2) is 11.5. The third kappa shape index (κ3) is 7.01. The van der Waals surface area contributed by atoms with Gasteiger partial charge in [0, 0.05) is 12.1 Å². The number of nitrogens with one attached hydrogen (secondary N) is 1. The molecule has 0 saturated carbocycles. The number of benzene rings is 2. The quantitative estimate of drug-likeness (QED) is 0.603. The minimum atomic E-state index is 0.0326. The molecule has 0 aromatic heterocycles. The van der Waals surface area contributed by atoms with E-state index in [9.17, 15) is 4.79 Å². The molecular weight excluding hydrogens is 320 g/mol. The van der Waals surface area contributed by atoms with Gasteiger partial charge in [-0.05, 0) is 56.6 Å². The van der Waals surface area contributed by atoms with Gasteiger partial charge in [-0.15, -0.1) is 0 Å². The van der Waals surface area contributed by atoms with Gasteiger partial charge < -0.3 is 10.2 Å². The van der Waals surface area contributed by atoms with Crippen molar-refractivity contribution in [1.82, 2.24) is 10.2 Å². The Labute approximate surface area is 158 Å². The number of nitrogens with zero attached hydrogens (tertiary/aromatic N) is 1. The van der Waals surface area contributed by atoms with Crippen LogP contribution in [0.1, 0.15) is 54.1 Å². The average Bonchev–Trinajstić information content (AvgIpc) is 2.66. The van der Waals surface area contributed by atoms with Crippen LogP contribution in [0.25, 0.3) is 0 Å². The number of hydrogen-bond acceptors (Lipinski definition) is 2. The normalized spacial score (nSPS) is 10.9. The summed E-state index contributed by atoms with van der Waals surface area (Å²) in [5.74, 6) is 0.0326. The van der Waals surface area contributed by atoms with E-state index in [4.69, 9.17) is 0 Å². The van der Waals surface area contributed by atoms with E-state index in [1.807, 2.05) is 42.5 Å². The third-order valence-corrected chi connectivity index (χ3v) is 4.64. The van der Waals surface area contributed by atoms with Gasteiger partial charge in [-0.3, -0.25) is 4.79 Å². The molecule has 1 amide bonds. The maximum Gasteiger partial charge on any atom is 0.251 e. The highest BCUT2D eigenvalue weighted by molar-refractivity contribution is 5.95. The van der Waals surface area contributed by atoms with Gasteiger partial charge in [0.05, 0.1) is 0 Å². The highest BCUT2D eigenvalue weighted by atomic mass is 16.1. The van der Waals surface area contributed by atoms with Crippen molar-refractivity contribution in [1.29, 1.82) is 0 Å². The van der Waals surface area contributed by atoms with Crippen molar-refractivity contribution in [3.05, 3.63) is 71.3 Å². The van der Waals surface area contributed by atoms with Crippen molar-refractivity contribution in [2.24, 2.45) is 0 Å². The fourth-order valence-corrected chi connectivity index (χ4v) is 3.10. The van der Waals surface area contributed by atoms with Crippen molar-refractivity contribution >= 4 is 5.91 Å². The van der Waals surface area contributed by atoms with E-state index >= 15 is 0 Å². The first-order valence-corrected chi connectivity index (χ1v) is 9.79. The first-order valence-electron chi connectivity index (χ1n) is 9.79. The Morgan fingerprint density at radius 3 is 2.38 bits per heavy atom. The lowest BCUT2D eigenvalue weighted by molar-refractivity contribution is 0.0951. The van der Waals surface area contributed by atoms with Gasteiger partial charge in [-0.1, -0.05) is 68.3 Å². The molecule has 140 valence electrons. The van der Waals surface area contributed by atoms with Crippen molar-refractivity contribution in [3.63, 3.8) is 0 Å². The molecule has 0 radical (unpaired) electrons. The summed E-state index contributed by atoms with van der Waals surface area (Å²) in [7, 11) is 2.16. The molecule has 0 aliphatic carbocycles. The summed E-state index contributed by atoms with van der Waals surface area (Å²) in [6.45, 7) is 5.11. The molecule has 26 heavy (non-hydrogen) atoms. The Morgan fingerprint density at radius 1 is 0.923 bits per heavy atom. The summed E-state index contributed by atoms with van der Waals surface area (Å²) < 4.78 is 0. The Hall–Kier alpha value is -2.13. The molecule has 0 spiro atoms. The minimum absolute atomic E-state index is 0.0326. The average molecular weight is 353 g/mol. The largest absolute Gasteiger partial charge is 0.352 e. The topological polar surface area (TPSA) is 32.3 Å². The van der Waals surface area contributed by atoms with Gasteiger partial charge in [0.25, 0.3) is 5.91 Å². The molecule has 0 atom stereocenters. The van der Waals surface area contributed by atoms with Crippen molar-refractivity contribution in [2.45, 2.75) is 39.0 Å². The van der Waals surface area contributed by atoms with Crippen LogP contribution in [0.5, 0.6) is 0 Å². The SMILES string of the molecule is CCCCCN(C)CCCNC(=O)c1ccccc1Cc1ccccc1. The van der Waals surface area contributed by atoms with Gasteiger partial charge in [-0.2, -0.15) is 0 Å². The summed E-state index contributed by atoms with van der Waals surface area (Å²) in [5.41, 5.74) is 3.09. The summed E-state index contributed by atoms with van der Waals surface area (Å²) in [6.07, 6.45) is 5.57. The molecule has 0 saturated heterocycles. The number of carbonyl (C=O) groups excluding carboxylic acids is 1. The Kier molecular flexibility index (Phi) is 8.91. The molecule has 0 bridgehead atoms. The fraction of sp³-hybridized carbons (Fsp3) is 0.435. The van der Waals surface area contributed by atoms with E-state index in [0.717, 1.165) is 43.6 Å². The predicted octanol–water partition coefficient (Wildman–Crippen LogP) is 4.52. The number of unbranched alkanes of at least 4 members (excludes halogenated alkanes) is 2. The molecule has 2 aromatic rings. The Balaban J connectivity index is 1.80. The van der Waals surface area contributed by atoms with Crippen molar-refractivity contribution in [3.8, 4) is 0 Å². The maximum absolute atomic E-state index is 12.6. The lowest BCUT2D eigenvalue weighted by Crippen LogP contribution is -2.29. The van der Waals surface area contributed by atoms with Gasteiger partial charge >= 0.3 is 0 Å². The summed E-state index contributed by atoms with van der Waals surface area (Å²) >= 11 is 0. The monoisotopic (exact) mass is 352 g/mol. The molecule has 0 aliphatic rings. The zero-order chi connectivity index (χ0) is 18.6. The lowest BCUT2D eigenvalue weighted by atomic mass is 9.99. The Bertz CT molecular complexity index is 654. The van der Waals surface area contributed by atoms with Gasteiger partial charge in [0.1, 0.15) is 0 Å². The number of rotatable bonds is 11. The van der Waals surface area contributed by atoms with Gasteiger partial charge in [0.2, 0.25) is 0 Å². The van der Waals surface area contributed by atoms with Crippen LogP contribution in [-0.4, -0.2) is 37.5 Å². The lowest BCUT2D eigenvalue weighted by Gasteiger charge is -2.16. The molecule has 0 aliphatic heterocycles. The van der Waals surface area contributed by atoms with Crippen LogP contribution in [0, 0.1) is 0 Å². The molecule has 1 N–H and O–H groups in total. The van der Waals surface area contributed by atoms with Crippen molar-refractivity contribution < 1.29 is 4.79 Å². The molecule has 2 aromatic carbocycles. The standard InChI is InChI=1S/C23H32N2O/c1-3-4-10-17-25(2)18-11-16-24-23(26)22-15-9-8-14-21(22)19-20-12-6-5-7-13-20/h5-9,12-15H,3-4,10-11,16-19H2,1-2H3,(H,24,26). The molecule has 0 unspecified atom stereocenters. The zero-order valence-electron chi connectivity index (χ0n) is 16.2. The molecular formula is C23H32N2O. The molecule has 0 heterocycles. The van der Waals surface area contributed by atoms with Crippen LogP contribution in [0.15, 0.2) is 54.6 Å². The first-order chi connectivity index (χ1) is 12.7. The molecule has 3 heteroatoms. The zero-order valence-corrected chi connectivity index (χ0v) is 16.2. The van der Waals surface area contributed by atoms with Crippen LogP contribution in [0.2, 0.25) is 0 Å². The third-order valence-electron chi connectivity index (χ3n) is 4.64. The van der Waals surface area contributed by atoms with Crippen LogP contribution >= 0.6 is 0 Å². The van der Waals surface area contributed by atoms with E-state index in [-0.39, 0.29) is 5.91 Å². The minimum Gasteiger partial charge on any atom is -0.352 e. The fourth-order valence-electron chi connectivity index (χ4n) is 3.10. The summed E-state index contributed by atoms with van der Waals surface area (Å²) in [6, 6.07) is 18.2. The molecule has 3 nitrogen and oxygen atoms in total. The Morgan fingerprint density at radius 2 is 1.62 bits per heavy atom. The maximum atomic E-state index is 12.6. The van der Waals surface area contributed by atoms with E-state index < -0.39 is 0 Å². The van der Waals surface area contributed by atoms with Crippen molar-refractivity contribution in [2.75, 3.05) is 26.7 Å². The second-order valence-electron chi connectivity index (χ2n) is 6.94. The van der Waals surface area contributed by atoms with E-state index in [1.165, 1.54) is 24.8 Å². The molecule has 0 fully saturated rings. The molecule has 2 rings (SSSR count). The van der Waals surface area contributed by atoms with Gasteiger partial charge in [0.15, 0.2) is 0 Å². The first kappa shape index (κ1) is 20.2.